The van der Waals surface area contributed by atoms with Crippen molar-refractivity contribution in [1.29, 1.82) is 0 Å². The predicted octanol–water partition coefficient (Wildman–Crippen LogP) is 0.151. The molecule has 0 bridgehead atoms. The molecular formula is C10H21NO3. The van der Waals surface area contributed by atoms with Gasteiger partial charge in [0.15, 0.2) is 0 Å². The normalized spacial score (nSPS) is 29.4. The van der Waals surface area contributed by atoms with E-state index in [9.17, 15) is 0 Å². The van der Waals surface area contributed by atoms with Gasteiger partial charge in [-0.05, 0) is 19.8 Å². The van der Waals surface area contributed by atoms with Crippen LogP contribution in [0.25, 0.3) is 0 Å². The Kier molecular flexibility index (Phi) is 5.40. The molecule has 0 radical (unpaired) electrons. The minimum atomic E-state index is 0.0273. The highest BCUT2D eigenvalue weighted by atomic mass is 16.5. The zero-order valence-corrected chi connectivity index (χ0v) is 9.03. The molecule has 84 valence electrons. The predicted molar refractivity (Wildman–Crippen MR) is 54.3 cm³/mol. The molecule has 2 N–H and O–H groups in total. The molecule has 0 aromatic rings. The molecule has 1 heterocycles. The number of aliphatic hydroxyl groups is 1. The largest absolute Gasteiger partial charge is 0.395 e. The summed E-state index contributed by atoms with van der Waals surface area (Å²) in [6.07, 6.45) is 2.94. The van der Waals surface area contributed by atoms with Crippen LogP contribution in [0.4, 0.5) is 0 Å². The summed E-state index contributed by atoms with van der Waals surface area (Å²) in [5.41, 5.74) is 0. The second-order valence-electron chi connectivity index (χ2n) is 3.89. The first-order valence-electron chi connectivity index (χ1n) is 5.25. The molecule has 0 spiro atoms. The molecule has 1 rings (SSSR count). The van der Waals surface area contributed by atoms with E-state index in [1.165, 1.54) is 0 Å². The number of aliphatic hydroxyl groups excluding tert-OH is 1. The zero-order chi connectivity index (χ0) is 10.4. The zero-order valence-electron chi connectivity index (χ0n) is 9.03. The summed E-state index contributed by atoms with van der Waals surface area (Å²) in [6, 6.07) is 0.0273. The first kappa shape index (κ1) is 11.9. The molecule has 0 saturated carbocycles. The summed E-state index contributed by atoms with van der Waals surface area (Å²) in [7, 11) is 1.64. The van der Waals surface area contributed by atoms with Crippen LogP contribution >= 0.6 is 0 Å². The van der Waals surface area contributed by atoms with Crippen molar-refractivity contribution in [3.8, 4) is 0 Å². The fourth-order valence-corrected chi connectivity index (χ4v) is 1.71. The molecule has 0 aromatic heterocycles. The average molecular weight is 203 g/mol. The molecule has 0 aliphatic carbocycles. The van der Waals surface area contributed by atoms with Gasteiger partial charge >= 0.3 is 0 Å². The lowest BCUT2D eigenvalue weighted by Gasteiger charge is -2.18. The molecule has 1 aliphatic rings. The Bertz CT molecular complexity index is 150. The van der Waals surface area contributed by atoms with Gasteiger partial charge < -0.3 is 19.9 Å². The molecule has 4 heteroatoms. The first-order chi connectivity index (χ1) is 6.76. The van der Waals surface area contributed by atoms with Gasteiger partial charge in [0.1, 0.15) is 0 Å². The van der Waals surface area contributed by atoms with Crippen LogP contribution in [-0.4, -0.2) is 50.2 Å². The van der Waals surface area contributed by atoms with Crippen molar-refractivity contribution < 1.29 is 14.6 Å². The van der Waals surface area contributed by atoms with Crippen LogP contribution in [0.15, 0.2) is 0 Å². The number of hydrogen-bond donors (Lipinski definition) is 2. The SMILES string of the molecule is COCC(CO)NCC1CCC(C)O1. The Morgan fingerprint density at radius 2 is 2.36 bits per heavy atom. The van der Waals surface area contributed by atoms with Crippen LogP contribution in [-0.2, 0) is 9.47 Å². The smallest absolute Gasteiger partial charge is 0.0704 e. The summed E-state index contributed by atoms with van der Waals surface area (Å²) >= 11 is 0. The maximum Gasteiger partial charge on any atom is 0.0704 e. The van der Waals surface area contributed by atoms with Gasteiger partial charge in [-0.2, -0.15) is 0 Å². The van der Waals surface area contributed by atoms with Crippen molar-refractivity contribution in [3.05, 3.63) is 0 Å². The summed E-state index contributed by atoms with van der Waals surface area (Å²) in [5.74, 6) is 0. The number of rotatable bonds is 6. The second-order valence-corrected chi connectivity index (χ2v) is 3.89. The van der Waals surface area contributed by atoms with E-state index in [0.717, 1.165) is 19.4 Å². The van der Waals surface area contributed by atoms with Gasteiger partial charge in [-0.25, -0.2) is 0 Å². The number of nitrogens with one attached hydrogen (secondary N) is 1. The van der Waals surface area contributed by atoms with Crippen molar-refractivity contribution in [3.63, 3.8) is 0 Å². The second kappa shape index (κ2) is 6.35. The van der Waals surface area contributed by atoms with Gasteiger partial charge in [0.05, 0.1) is 31.5 Å². The lowest BCUT2D eigenvalue weighted by molar-refractivity contribution is 0.0482. The standard InChI is InChI=1S/C10H21NO3/c1-8-3-4-10(14-8)5-11-9(6-12)7-13-2/h8-12H,3-7H2,1-2H3. The minimum absolute atomic E-state index is 0.0273. The van der Waals surface area contributed by atoms with Crippen molar-refractivity contribution in [1.82, 2.24) is 5.32 Å². The maximum atomic E-state index is 9.00. The lowest BCUT2D eigenvalue weighted by atomic mass is 10.2. The Hall–Kier alpha value is -0.160. The van der Waals surface area contributed by atoms with E-state index >= 15 is 0 Å². The lowest BCUT2D eigenvalue weighted by Crippen LogP contribution is -2.40. The first-order valence-corrected chi connectivity index (χ1v) is 5.25. The van der Waals surface area contributed by atoms with Crippen LogP contribution in [0.1, 0.15) is 19.8 Å². The Morgan fingerprint density at radius 1 is 1.57 bits per heavy atom. The van der Waals surface area contributed by atoms with E-state index in [2.05, 4.69) is 12.2 Å². The fraction of sp³-hybridized carbons (Fsp3) is 1.00. The molecule has 0 amide bonds. The van der Waals surface area contributed by atoms with Gasteiger partial charge in [0.2, 0.25) is 0 Å². The molecular weight excluding hydrogens is 182 g/mol. The quantitative estimate of drug-likeness (QED) is 0.645. The summed E-state index contributed by atoms with van der Waals surface area (Å²) in [6.45, 7) is 3.55. The molecule has 3 unspecified atom stereocenters. The Labute approximate surface area is 85.6 Å². The third kappa shape index (κ3) is 3.92. The number of ether oxygens (including phenoxy) is 2. The van der Waals surface area contributed by atoms with Gasteiger partial charge in [0, 0.05) is 13.7 Å². The van der Waals surface area contributed by atoms with E-state index in [-0.39, 0.29) is 12.6 Å². The van der Waals surface area contributed by atoms with Crippen LogP contribution in [0.2, 0.25) is 0 Å². The summed E-state index contributed by atoms with van der Waals surface area (Å²) in [5, 5.41) is 12.2. The van der Waals surface area contributed by atoms with Gasteiger partial charge in [-0.3, -0.25) is 0 Å². The van der Waals surface area contributed by atoms with E-state index in [4.69, 9.17) is 14.6 Å². The third-order valence-electron chi connectivity index (χ3n) is 2.54. The average Bonchev–Trinajstić information content (AvgIpc) is 2.59. The van der Waals surface area contributed by atoms with Crippen LogP contribution in [0.5, 0.6) is 0 Å². The highest BCUT2D eigenvalue weighted by Gasteiger charge is 2.22. The Balaban J connectivity index is 2.12. The van der Waals surface area contributed by atoms with E-state index in [1.54, 1.807) is 7.11 Å². The summed E-state index contributed by atoms with van der Waals surface area (Å²) in [4.78, 5) is 0. The molecule has 3 atom stereocenters. The van der Waals surface area contributed by atoms with E-state index in [0.29, 0.717) is 18.8 Å². The van der Waals surface area contributed by atoms with Crippen LogP contribution in [0.3, 0.4) is 0 Å². The molecule has 1 saturated heterocycles. The molecule has 1 fully saturated rings. The minimum Gasteiger partial charge on any atom is -0.395 e. The van der Waals surface area contributed by atoms with Gasteiger partial charge in [-0.15, -0.1) is 0 Å². The van der Waals surface area contributed by atoms with E-state index in [1.807, 2.05) is 0 Å². The fourth-order valence-electron chi connectivity index (χ4n) is 1.71. The Morgan fingerprint density at radius 3 is 2.86 bits per heavy atom. The van der Waals surface area contributed by atoms with Gasteiger partial charge in [-0.1, -0.05) is 0 Å². The number of methoxy groups -OCH3 is 1. The van der Waals surface area contributed by atoms with Gasteiger partial charge in [0.25, 0.3) is 0 Å². The highest BCUT2D eigenvalue weighted by Crippen LogP contribution is 2.18. The van der Waals surface area contributed by atoms with Crippen LogP contribution < -0.4 is 5.32 Å². The molecule has 0 aromatic carbocycles. The molecule has 4 nitrogen and oxygen atoms in total. The van der Waals surface area contributed by atoms with Crippen molar-refractivity contribution >= 4 is 0 Å². The van der Waals surface area contributed by atoms with Crippen LogP contribution in [0, 0.1) is 0 Å². The number of hydrogen-bond acceptors (Lipinski definition) is 4. The summed E-state index contributed by atoms with van der Waals surface area (Å²) < 4.78 is 10.6. The monoisotopic (exact) mass is 203 g/mol. The highest BCUT2D eigenvalue weighted by molar-refractivity contribution is 4.75. The topological polar surface area (TPSA) is 50.7 Å². The third-order valence-corrected chi connectivity index (χ3v) is 2.54. The molecule has 14 heavy (non-hydrogen) atoms. The maximum absolute atomic E-state index is 9.00. The van der Waals surface area contributed by atoms with Crippen molar-refractivity contribution in [2.24, 2.45) is 0 Å². The van der Waals surface area contributed by atoms with Crippen molar-refractivity contribution in [2.45, 2.75) is 38.0 Å². The van der Waals surface area contributed by atoms with Crippen molar-refractivity contribution in [2.75, 3.05) is 26.9 Å². The molecule has 1 aliphatic heterocycles. The van der Waals surface area contributed by atoms with E-state index < -0.39 is 0 Å².